The molecule has 0 aliphatic carbocycles. The van der Waals surface area contributed by atoms with E-state index in [4.69, 9.17) is 25.6 Å². The molecule has 0 bridgehead atoms. The lowest BCUT2D eigenvalue weighted by atomic mass is 10.2. The molecular formula is C21H25ClIN5O3. The molecule has 0 aliphatic heterocycles. The van der Waals surface area contributed by atoms with Gasteiger partial charge in [0.25, 0.3) is 0 Å². The second-order valence-corrected chi connectivity index (χ2v) is 6.69. The summed E-state index contributed by atoms with van der Waals surface area (Å²) in [6.07, 6.45) is 0. The Morgan fingerprint density at radius 3 is 2.68 bits per heavy atom. The van der Waals surface area contributed by atoms with Gasteiger partial charge in [-0.25, -0.2) is 4.99 Å². The number of aliphatic imine (C=N–C) groups is 1. The van der Waals surface area contributed by atoms with E-state index in [1.165, 1.54) is 0 Å². The number of hydrogen-bond donors (Lipinski definition) is 2. The van der Waals surface area contributed by atoms with E-state index < -0.39 is 0 Å². The molecule has 0 atom stereocenters. The fourth-order valence-corrected chi connectivity index (χ4v) is 2.91. The Hall–Kier alpha value is -2.53. The van der Waals surface area contributed by atoms with Gasteiger partial charge in [-0.2, -0.15) is 4.98 Å². The van der Waals surface area contributed by atoms with Gasteiger partial charge in [-0.15, -0.1) is 24.0 Å². The third-order valence-corrected chi connectivity index (χ3v) is 4.44. The van der Waals surface area contributed by atoms with Crippen molar-refractivity contribution in [2.24, 2.45) is 4.99 Å². The summed E-state index contributed by atoms with van der Waals surface area (Å²) in [5, 5.41) is 11.0. The topological polar surface area (TPSA) is 93.8 Å². The molecule has 1 heterocycles. The zero-order valence-electron chi connectivity index (χ0n) is 17.5. The van der Waals surface area contributed by atoms with Crippen LogP contribution in [0.1, 0.15) is 18.4 Å². The highest BCUT2D eigenvalue weighted by Crippen LogP contribution is 2.25. The molecule has 31 heavy (non-hydrogen) atoms. The first kappa shape index (κ1) is 24.7. The minimum atomic E-state index is 0. The molecule has 0 spiro atoms. The molecule has 0 unspecified atom stereocenters. The molecule has 3 aromatic rings. The Morgan fingerprint density at radius 2 is 1.97 bits per heavy atom. The van der Waals surface area contributed by atoms with Crippen molar-refractivity contribution in [2.45, 2.75) is 20.0 Å². The van der Waals surface area contributed by atoms with Crippen molar-refractivity contribution in [2.75, 3.05) is 20.8 Å². The van der Waals surface area contributed by atoms with Crippen molar-refractivity contribution < 1.29 is 14.0 Å². The van der Waals surface area contributed by atoms with E-state index in [-0.39, 0.29) is 24.0 Å². The summed E-state index contributed by atoms with van der Waals surface area (Å²) < 4.78 is 16.0. The van der Waals surface area contributed by atoms with E-state index in [2.05, 4.69) is 25.8 Å². The first-order valence-corrected chi connectivity index (χ1v) is 9.82. The van der Waals surface area contributed by atoms with Gasteiger partial charge in [0.1, 0.15) is 11.5 Å². The van der Waals surface area contributed by atoms with Gasteiger partial charge >= 0.3 is 0 Å². The third kappa shape index (κ3) is 7.00. The van der Waals surface area contributed by atoms with Gasteiger partial charge in [0.2, 0.25) is 11.7 Å². The Bertz CT molecular complexity index is 1010. The average Bonchev–Trinajstić information content (AvgIpc) is 3.24. The van der Waals surface area contributed by atoms with Crippen LogP contribution in [-0.2, 0) is 13.1 Å². The SMILES string of the molecule is CCNC(=NCc1ccc(OC)cc1OC)NCc1nc(-c2cccc(Cl)c2)no1.I. The smallest absolute Gasteiger partial charge is 0.246 e. The molecule has 10 heteroatoms. The molecule has 2 aromatic carbocycles. The van der Waals surface area contributed by atoms with Crippen molar-refractivity contribution in [1.82, 2.24) is 20.8 Å². The maximum Gasteiger partial charge on any atom is 0.246 e. The maximum atomic E-state index is 6.02. The number of guanidine groups is 1. The monoisotopic (exact) mass is 557 g/mol. The molecular weight excluding hydrogens is 533 g/mol. The van der Waals surface area contributed by atoms with E-state index >= 15 is 0 Å². The fourth-order valence-electron chi connectivity index (χ4n) is 2.72. The highest BCUT2D eigenvalue weighted by Gasteiger charge is 2.10. The minimum Gasteiger partial charge on any atom is -0.497 e. The normalized spacial score (nSPS) is 10.9. The molecule has 3 rings (SSSR count). The van der Waals surface area contributed by atoms with Gasteiger partial charge in [0.15, 0.2) is 5.96 Å². The van der Waals surface area contributed by atoms with Crippen molar-refractivity contribution >= 4 is 41.5 Å². The largest absolute Gasteiger partial charge is 0.497 e. The van der Waals surface area contributed by atoms with E-state index in [9.17, 15) is 0 Å². The maximum absolute atomic E-state index is 6.02. The minimum absolute atomic E-state index is 0. The lowest BCUT2D eigenvalue weighted by molar-refractivity contribution is 0.375. The molecule has 0 saturated carbocycles. The molecule has 0 aliphatic rings. The van der Waals surface area contributed by atoms with E-state index in [0.29, 0.717) is 42.3 Å². The number of hydrogen-bond acceptors (Lipinski definition) is 6. The Morgan fingerprint density at radius 1 is 1.13 bits per heavy atom. The fraction of sp³-hybridized carbons (Fsp3) is 0.286. The predicted molar refractivity (Wildman–Crippen MR) is 131 cm³/mol. The van der Waals surface area contributed by atoms with Crippen LogP contribution in [-0.4, -0.2) is 36.9 Å². The van der Waals surface area contributed by atoms with Gasteiger partial charge in [-0.1, -0.05) is 28.9 Å². The molecule has 8 nitrogen and oxygen atoms in total. The summed E-state index contributed by atoms with van der Waals surface area (Å²) in [5.41, 5.74) is 1.74. The van der Waals surface area contributed by atoms with Crippen molar-refractivity contribution in [3.8, 4) is 22.9 Å². The van der Waals surface area contributed by atoms with E-state index in [1.54, 1.807) is 26.4 Å². The van der Waals surface area contributed by atoms with Crippen molar-refractivity contribution in [1.29, 1.82) is 0 Å². The van der Waals surface area contributed by atoms with Crippen LogP contribution >= 0.6 is 35.6 Å². The number of rotatable bonds is 8. The van der Waals surface area contributed by atoms with E-state index in [1.807, 2.05) is 37.3 Å². The summed E-state index contributed by atoms with van der Waals surface area (Å²) in [4.78, 5) is 9.01. The molecule has 2 N–H and O–H groups in total. The molecule has 0 radical (unpaired) electrons. The summed E-state index contributed by atoms with van der Waals surface area (Å²) in [6.45, 7) is 3.47. The summed E-state index contributed by atoms with van der Waals surface area (Å²) in [6, 6.07) is 12.9. The second kappa shape index (κ2) is 12.4. The van der Waals surface area contributed by atoms with Gasteiger partial charge in [-0.3, -0.25) is 0 Å². The Kier molecular flexibility index (Phi) is 9.86. The highest BCUT2D eigenvalue weighted by molar-refractivity contribution is 14.0. The first-order chi connectivity index (χ1) is 14.6. The number of nitrogens with one attached hydrogen (secondary N) is 2. The lowest BCUT2D eigenvalue weighted by Gasteiger charge is -2.11. The predicted octanol–water partition coefficient (Wildman–Crippen LogP) is 4.28. The summed E-state index contributed by atoms with van der Waals surface area (Å²) in [7, 11) is 3.24. The second-order valence-electron chi connectivity index (χ2n) is 6.25. The van der Waals surface area contributed by atoms with Crippen LogP contribution in [0.2, 0.25) is 5.02 Å². The summed E-state index contributed by atoms with van der Waals surface area (Å²) in [5.74, 6) is 3.00. The Balaban J connectivity index is 0.00000341. The molecule has 0 saturated heterocycles. The number of halogens is 2. The van der Waals surface area contributed by atoms with E-state index in [0.717, 1.165) is 22.6 Å². The van der Waals surface area contributed by atoms with Crippen LogP contribution in [0.4, 0.5) is 0 Å². The third-order valence-electron chi connectivity index (χ3n) is 4.20. The number of aromatic nitrogens is 2. The zero-order valence-corrected chi connectivity index (χ0v) is 20.6. The van der Waals surface area contributed by atoms with Crippen LogP contribution in [0.5, 0.6) is 11.5 Å². The first-order valence-electron chi connectivity index (χ1n) is 9.44. The van der Waals surface area contributed by atoms with Crippen LogP contribution in [0.3, 0.4) is 0 Å². The zero-order chi connectivity index (χ0) is 21.3. The summed E-state index contributed by atoms with van der Waals surface area (Å²) >= 11 is 6.02. The Labute approximate surface area is 203 Å². The van der Waals surface area contributed by atoms with Gasteiger partial charge in [0.05, 0.1) is 27.3 Å². The van der Waals surface area contributed by atoms with Crippen molar-refractivity contribution in [3.63, 3.8) is 0 Å². The van der Waals surface area contributed by atoms with Gasteiger partial charge in [-0.05, 0) is 31.2 Å². The molecule has 0 fully saturated rings. The lowest BCUT2D eigenvalue weighted by Crippen LogP contribution is -2.36. The van der Waals surface area contributed by atoms with Crippen molar-refractivity contribution in [3.05, 3.63) is 58.9 Å². The molecule has 1 aromatic heterocycles. The number of ether oxygens (including phenoxy) is 2. The highest BCUT2D eigenvalue weighted by atomic mass is 127. The molecule has 0 amide bonds. The number of nitrogens with zero attached hydrogens (tertiary/aromatic N) is 3. The quantitative estimate of drug-likeness (QED) is 0.243. The van der Waals surface area contributed by atoms with Crippen LogP contribution in [0.15, 0.2) is 52.0 Å². The van der Waals surface area contributed by atoms with Crippen LogP contribution in [0, 0.1) is 0 Å². The number of methoxy groups -OCH3 is 2. The van der Waals surface area contributed by atoms with Gasteiger partial charge < -0.3 is 24.6 Å². The van der Waals surface area contributed by atoms with Crippen LogP contribution in [0.25, 0.3) is 11.4 Å². The molecule has 166 valence electrons. The average molecular weight is 558 g/mol. The number of benzene rings is 2. The van der Waals surface area contributed by atoms with Gasteiger partial charge in [0, 0.05) is 28.8 Å². The standard InChI is InChI=1S/C21H24ClN5O3.HI/c1-4-23-21(24-12-15-8-9-17(28-2)11-18(15)29-3)25-13-19-26-20(27-30-19)14-6-5-7-16(22)10-14;/h5-11H,4,12-13H2,1-3H3,(H2,23,24,25);1H. The van der Waals surface area contributed by atoms with Crippen LogP contribution < -0.4 is 20.1 Å².